The number of primary amides is 1. The van der Waals surface area contributed by atoms with Crippen LogP contribution in [0.1, 0.15) is 53.6 Å². The van der Waals surface area contributed by atoms with Gasteiger partial charge < -0.3 is 31.3 Å². The van der Waals surface area contributed by atoms with Gasteiger partial charge in [-0.05, 0) is 69.1 Å². The number of aliphatic hydroxyl groups is 1. The van der Waals surface area contributed by atoms with E-state index < -0.39 is 52.0 Å². The monoisotopic (exact) mass is 607 g/mol. The van der Waals surface area contributed by atoms with Gasteiger partial charge in [0.05, 0.1) is 22.1 Å². The van der Waals surface area contributed by atoms with Gasteiger partial charge in [0.1, 0.15) is 11.8 Å². The molecule has 1 saturated carbocycles. The molecule has 11 heteroatoms. The van der Waals surface area contributed by atoms with Gasteiger partial charge in [-0.1, -0.05) is 48.6 Å². The quantitative estimate of drug-likeness (QED) is 0.271. The highest BCUT2D eigenvalue weighted by atomic mass is 32.2. The van der Waals surface area contributed by atoms with Crippen molar-refractivity contribution in [2.45, 2.75) is 68.4 Å². The number of aliphatic carboxylic acids is 1. The van der Waals surface area contributed by atoms with Crippen LogP contribution in [-0.2, 0) is 20.8 Å². The summed E-state index contributed by atoms with van der Waals surface area (Å²) < 4.78 is -0.936. The van der Waals surface area contributed by atoms with Gasteiger partial charge in [0.2, 0.25) is 5.91 Å². The summed E-state index contributed by atoms with van der Waals surface area (Å²) in [6, 6.07) is 11.2. The molecular formula is C32H37N3O7S. The number of amides is 3. The lowest BCUT2D eigenvalue weighted by Gasteiger charge is -2.56. The maximum absolute atomic E-state index is 14.0. The van der Waals surface area contributed by atoms with Crippen molar-refractivity contribution in [3.8, 4) is 5.75 Å². The molecule has 2 aromatic rings. The van der Waals surface area contributed by atoms with E-state index in [0.717, 1.165) is 18.4 Å². The Labute approximate surface area is 254 Å². The highest BCUT2D eigenvalue weighted by Crippen LogP contribution is 2.64. The van der Waals surface area contributed by atoms with Crippen molar-refractivity contribution in [2.24, 2.45) is 17.1 Å². The first-order chi connectivity index (χ1) is 20.5. The van der Waals surface area contributed by atoms with Crippen molar-refractivity contribution in [1.29, 1.82) is 0 Å². The maximum atomic E-state index is 14.0. The number of phenolic OH excluding ortho intramolecular Hbond substituents is 1. The molecule has 0 radical (unpaired) electrons. The fraction of sp³-hybridized carbons (Fsp3) is 0.438. The first-order valence-electron chi connectivity index (χ1n) is 14.5. The van der Waals surface area contributed by atoms with Crippen molar-refractivity contribution in [3.05, 3.63) is 77.4 Å². The molecule has 10 nitrogen and oxygen atoms in total. The molecule has 6 N–H and O–H groups in total. The van der Waals surface area contributed by atoms with Gasteiger partial charge in [0, 0.05) is 11.1 Å². The third-order valence-corrected chi connectivity index (χ3v) is 11.1. The largest absolute Gasteiger partial charge is 0.508 e. The Morgan fingerprint density at radius 2 is 1.86 bits per heavy atom. The number of nitrogens with one attached hydrogen (secondary N) is 1. The number of benzene rings is 2. The minimum absolute atomic E-state index is 0.0135. The summed E-state index contributed by atoms with van der Waals surface area (Å²) in [4.78, 5) is 54.1. The second-order valence-electron chi connectivity index (χ2n) is 11.7. The maximum Gasteiger partial charge on any atom is 0.327 e. The smallest absolute Gasteiger partial charge is 0.327 e. The normalized spacial score (nSPS) is 27.7. The minimum Gasteiger partial charge on any atom is -0.508 e. The third kappa shape index (κ3) is 5.40. The zero-order chi connectivity index (χ0) is 30.9. The molecule has 1 saturated heterocycles. The second kappa shape index (κ2) is 12.0. The Morgan fingerprint density at radius 1 is 1.12 bits per heavy atom. The van der Waals surface area contributed by atoms with Gasteiger partial charge in [0.15, 0.2) is 6.10 Å². The first kappa shape index (κ1) is 30.6. The van der Waals surface area contributed by atoms with Crippen molar-refractivity contribution in [2.75, 3.05) is 5.88 Å². The van der Waals surface area contributed by atoms with Crippen LogP contribution in [0.4, 0.5) is 0 Å². The van der Waals surface area contributed by atoms with E-state index in [9.17, 15) is 34.5 Å². The Bertz CT molecular complexity index is 1450. The minimum atomic E-state index is -1.77. The van der Waals surface area contributed by atoms with Crippen molar-refractivity contribution in [1.82, 2.24) is 10.2 Å². The zero-order valence-electron chi connectivity index (χ0n) is 23.9. The van der Waals surface area contributed by atoms with Crippen LogP contribution in [-0.4, -0.2) is 72.7 Å². The molecule has 2 aliphatic carbocycles. The molecule has 2 fully saturated rings. The Balaban J connectivity index is 1.43. The Morgan fingerprint density at radius 3 is 2.47 bits per heavy atom. The molecule has 1 spiro atoms. The van der Waals surface area contributed by atoms with Crippen LogP contribution in [0.5, 0.6) is 5.75 Å². The number of rotatable bonds is 9. The fourth-order valence-corrected chi connectivity index (χ4v) is 8.86. The SMILES string of the molecule is Cc1c(O)cccc1C(=O)N[C@@H](Cc1ccccc1)[C@H](O)C(=O)N1CSC2(CCC2[C@@]2(C(N)=O)C=CCCC2)[C@H]1C(=O)O. The number of phenols is 1. The van der Waals surface area contributed by atoms with E-state index in [-0.39, 0.29) is 29.5 Å². The molecule has 1 aliphatic heterocycles. The van der Waals surface area contributed by atoms with Crippen LogP contribution in [0.3, 0.4) is 0 Å². The predicted molar refractivity (Wildman–Crippen MR) is 161 cm³/mol. The molecule has 5 rings (SSSR count). The molecule has 0 aromatic heterocycles. The fourth-order valence-electron chi connectivity index (χ4n) is 7.03. The van der Waals surface area contributed by atoms with Gasteiger partial charge >= 0.3 is 5.97 Å². The summed E-state index contributed by atoms with van der Waals surface area (Å²) in [6.07, 6.45) is 5.28. The van der Waals surface area contributed by atoms with Gasteiger partial charge in [-0.3, -0.25) is 14.4 Å². The van der Waals surface area contributed by atoms with Crippen LogP contribution in [0, 0.1) is 18.3 Å². The zero-order valence-corrected chi connectivity index (χ0v) is 24.8. The molecular weight excluding hydrogens is 570 g/mol. The number of hydrogen-bond donors (Lipinski definition) is 5. The number of nitrogens with two attached hydrogens (primary N) is 1. The Kier molecular flexibility index (Phi) is 8.58. The first-order valence-corrected chi connectivity index (χ1v) is 15.5. The number of carboxylic acid groups (broad SMARTS) is 1. The van der Waals surface area contributed by atoms with Crippen molar-refractivity contribution >= 4 is 35.5 Å². The highest BCUT2D eigenvalue weighted by Gasteiger charge is 2.68. The third-order valence-electron chi connectivity index (χ3n) is 9.43. The molecule has 1 heterocycles. The van der Waals surface area contributed by atoms with E-state index in [1.165, 1.54) is 34.9 Å². The molecule has 3 amide bonds. The number of aliphatic hydroxyl groups excluding tert-OH is 1. The van der Waals surface area contributed by atoms with E-state index in [2.05, 4.69) is 5.32 Å². The molecule has 228 valence electrons. The van der Waals surface area contributed by atoms with E-state index in [1.807, 2.05) is 18.2 Å². The number of thioether (sulfide) groups is 1. The second-order valence-corrected chi connectivity index (χ2v) is 13.0. The van der Waals surface area contributed by atoms with Crippen LogP contribution in [0.2, 0.25) is 0 Å². The lowest BCUT2D eigenvalue weighted by molar-refractivity contribution is -0.158. The van der Waals surface area contributed by atoms with Gasteiger partial charge in [-0.25, -0.2) is 4.79 Å². The van der Waals surface area contributed by atoms with Crippen molar-refractivity contribution < 1.29 is 34.5 Å². The van der Waals surface area contributed by atoms with E-state index >= 15 is 0 Å². The lowest BCUT2D eigenvalue weighted by Crippen LogP contribution is -2.66. The average molecular weight is 608 g/mol. The van der Waals surface area contributed by atoms with E-state index in [0.29, 0.717) is 24.8 Å². The summed E-state index contributed by atoms with van der Waals surface area (Å²) in [5.74, 6) is -3.53. The molecule has 6 atom stereocenters. The number of allylic oxidation sites excluding steroid dienone is 1. The van der Waals surface area contributed by atoms with Crippen LogP contribution < -0.4 is 11.1 Å². The predicted octanol–water partition coefficient (Wildman–Crippen LogP) is 2.75. The summed E-state index contributed by atoms with van der Waals surface area (Å²) >= 11 is 1.33. The average Bonchev–Trinajstić information content (AvgIpc) is 3.41. The number of carboxylic acids is 1. The van der Waals surface area contributed by atoms with E-state index in [1.54, 1.807) is 31.2 Å². The van der Waals surface area contributed by atoms with Gasteiger partial charge in [-0.15, -0.1) is 11.8 Å². The number of hydrogen-bond acceptors (Lipinski definition) is 7. The Hall–Kier alpha value is -3.83. The van der Waals surface area contributed by atoms with Gasteiger partial charge in [-0.2, -0.15) is 0 Å². The number of carbonyl (C=O) groups excluding carboxylic acids is 3. The molecule has 43 heavy (non-hydrogen) atoms. The summed E-state index contributed by atoms with van der Waals surface area (Å²) in [6.45, 7) is 1.59. The number of aromatic hydroxyl groups is 1. The van der Waals surface area contributed by atoms with Gasteiger partial charge in [0.25, 0.3) is 11.8 Å². The molecule has 2 unspecified atom stereocenters. The molecule has 3 aliphatic rings. The topological polar surface area (TPSA) is 170 Å². The van der Waals surface area contributed by atoms with Crippen LogP contribution >= 0.6 is 11.8 Å². The van der Waals surface area contributed by atoms with Crippen LogP contribution in [0.25, 0.3) is 0 Å². The standard InChI is InChI=1S/C32H37N3O7S/c1-19-21(11-8-12-23(19)36)27(38)34-22(17-20-9-4-2-5-10-20)25(37)28(39)35-18-43-32(26(35)29(40)41)16-13-24(32)31(30(33)42)14-6-3-7-15-31/h2,4-6,8-12,14,22,24-26,36-37H,3,7,13,15-18H2,1H3,(H2,33,42)(H,34,38)(H,40,41)/t22-,24?,25-,26+,31+,32?/m0/s1. The summed E-state index contributed by atoms with van der Waals surface area (Å²) in [5.41, 5.74) is 6.23. The van der Waals surface area contributed by atoms with Crippen molar-refractivity contribution in [3.63, 3.8) is 0 Å². The van der Waals surface area contributed by atoms with Crippen LogP contribution in [0.15, 0.2) is 60.7 Å². The molecule has 2 aromatic carbocycles. The number of carbonyl (C=O) groups is 4. The summed E-state index contributed by atoms with van der Waals surface area (Å²) in [7, 11) is 0. The van der Waals surface area contributed by atoms with E-state index in [4.69, 9.17) is 5.73 Å². The lowest BCUT2D eigenvalue weighted by atomic mass is 9.53. The highest BCUT2D eigenvalue weighted by molar-refractivity contribution is 8.01. The summed E-state index contributed by atoms with van der Waals surface area (Å²) in [5, 5.41) is 34.8. The molecule has 0 bridgehead atoms. The number of nitrogens with zero attached hydrogens (tertiary/aromatic N) is 1.